The largest absolute Gasteiger partial charge is 0.449 e. The van der Waals surface area contributed by atoms with Gasteiger partial charge in [-0.3, -0.25) is 4.79 Å². The molecule has 0 spiro atoms. The van der Waals surface area contributed by atoms with Crippen molar-refractivity contribution in [3.05, 3.63) is 75.9 Å². The molecule has 0 aliphatic carbocycles. The van der Waals surface area contributed by atoms with Crippen molar-refractivity contribution in [2.45, 2.75) is 33.4 Å². The highest BCUT2D eigenvalue weighted by Crippen LogP contribution is 2.23. The minimum absolute atomic E-state index is 0.381. The molecule has 1 amide bonds. The van der Waals surface area contributed by atoms with Crippen LogP contribution in [0, 0.1) is 25.2 Å². The third-order valence-corrected chi connectivity index (χ3v) is 5.48. The quantitative estimate of drug-likeness (QED) is 0.619. The Kier molecular flexibility index (Phi) is 6.15. The molecule has 0 bridgehead atoms. The Morgan fingerprint density at radius 1 is 1.24 bits per heavy atom. The number of thiophene rings is 1. The minimum atomic E-state index is -0.992. The van der Waals surface area contributed by atoms with Crippen LogP contribution in [-0.2, 0) is 16.1 Å². The van der Waals surface area contributed by atoms with Crippen molar-refractivity contribution < 1.29 is 14.3 Å². The molecule has 2 heterocycles. The molecule has 0 aliphatic rings. The molecule has 0 aliphatic heterocycles. The van der Waals surface area contributed by atoms with E-state index in [9.17, 15) is 9.59 Å². The number of aromatic nitrogens is 1. The first-order valence-electron chi connectivity index (χ1n) is 9.10. The van der Waals surface area contributed by atoms with Crippen LogP contribution in [0.25, 0.3) is 0 Å². The van der Waals surface area contributed by atoms with Crippen LogP contribution in [0.3, 0.4) is 0 Å². The van der Waals surface area contributed by atoms with E-state index in [4.69, 9.17) is 10.00 Å². The van der Waals surface area contributed by atoms with Gasteiger partial charge in [-0.05, 0) is 43.8 Å². The Morgan fingerprint density at radius 3 is 2.66 bits per heavy atom. The van der Waals surface area contributed by atoms with E-state index in [-0.39, 0.29) is 0 Å². The highest BCUT2D eigenvalue weighted by Gasteiger charge is 2.23. The summed E-state index contributed by atoms with van der Waals surface area (Å²) in [5.41, 5.74) is 3.67. The lowest BCUT2D eigenvalue weighted by Gasteiger charge is -2.13. The van der Waals surface area contributed by atoms with Crippen molar-refractivity contribution in [3.63, 3.8) is 0 Å². The molecule has 29 heavy (non-hydrogen) atoms. The van der Waals surface area contributed by atoms with E-state index < -0.39 is 18.0 Å². The SMILES string of the molecule is Cc1cc(C(=O)O[C@@H](C)C(=O)Nc2sccc2C#N)c(C)n1Cc1ccccc1. The number of rotatable bonds is 6. The first-order valence-corrected chi connectivity index (χ1v) is 9.98. The average molecular weight is 407 g/mol. The highest BCUT2D eigenvalue weighted by atomic mass is 32.1. The van der Waals surface area contributed by atoms with E-state index in [2.05, 4.69) is 5.32 Å². The molecule has 0 saturated heterocycles. The van der Waals surface area contributed by atoms with Crippen LogP contribution in [0.15, 0.2) is 47.8 Å². The Hall–Kier alpha value is -3.37. The fraction of sp³-hybridized carbons (Fsp3) is 0.227. The van der Waals surface area contributed by atoms with E-state index >= 15 is 0 Å². The second-order valence-corrected chi connectivity index (χ2v) is 7.58. The number of nitriles is 1. The highest BCUT2D eigenvalue weighted by molar-refractivity contribution is 7.14. The number of amides is 1. The summed E-state index contributed by atoms with van der Waals surface area (Å²) in [4.78, 5) is 25.0. The summed E-state index contributed by atoms with van der Waals surface area (Å²) in [6.45, 7) is 5.96. The van der Waals surface area contributed by atoms with Gasteiger partial charge >= 0.3 is 5.97 Å². The van der Waals surface area contributed by atoms with Crippen molar-refractivity contribution in [3.8, 4) is 6.07 Å². The Labute approximate surface area is 173 Å². The molecule has 2 aromatic heterocycles. The number of aryl methyl sites for hydroxylation is 1. The van der Waals surface area contributed by atoms with E-state index in [1.54, 1.807) is 17.5 Å². The van der Waals surface area contributed by atoms with E-state index in [0.29, 0.717) is 22.7 Å². The van der Waals surface area contributed by atoms with Crippen LogP contribution in [0.2, 0.25) is 0 Å². The normalized spacial score (nSPS) is 11.5. The molecule has 1 N–H and O–H groups in total. The molecular weight excluding hydrogens is 386 g/mol. The Morgan fingerprint density at radius 2 is 1.97 bits per heavy atom. The predicted octanol–water partition coefficient (Wildman–Crippen LogP) is 4.27. The molecule has 1 aromatic carbocycles. The van der Waals surface area contributed by atoms with E-state index in [1.807, 2.05) is 54.8 Å². The van der Waals surface area contributed by atoms with Gasteiger partial charge in [0.05, 0.1) is 11.1 Å². The molecule has 6 nitrogen and oxygen atoms in total. The number of hydrogen-bond acceptors (Lipinski definition) is 5. The number of nitrogens with one attached hydrogen (secondary N) is 1. The topological polar surface area (TPSA) is 84.1 Å². The van der Waals surface area contributed by atoms with Gasteiger partial charge in [-0.15, -0.1) is 11.3 Å². The summed E-state index contributed by atoms with van der Waals surface area (Å²) in [6, 6.07) is 15.4. The van der Waals surface area contributed by atoms with E-state index in [1.165, 1.54) is 18.3 Å². The number of ether oxygens (including phenoxy) is 1. The van der Waals surface area contributed by atoms with Gasteiger partial charge in [0.15, 0.2) is 6.10 Å². The first kappa shape index (κ1) is 20.4. The smallest absolute Gasteiger partial charge is 0.340 e. The molecule has 0 radical (unpaired) electrons. The number of carbonyl (C=O) groups is 2. The molecule has 1 atom stereocenters. The molecule has 0 unspecified atom stereocenters. The zero-order valence-corrected chi connectivity index (χ0v) is 17.2. The maximum absolute atomic E-state index is 12.7. The van der Waals surface area contributed by atoms with Gasteiger partial charge in [-0.1, -0.05) is 30.3 Å². The van der Waals surface area contributed by atoms with Gasteiger partial charge in [0.2, 0.25) is 0 Å². The van der Waals surface area contributed by atoms with Gasteiger partial charge in [-0.2, -0.15) is 5.26 Å². The number of esters is 1. The summed E-state index contributed by atoms with van der Waals surface area (Å²) in [5.74, 6) is -1.03. The summed E-state index contributed by atoms with van der Waals surface area (Å²) in [6.07, 6.45) is -0.992. The second kappa shape index (κ2) is 8.76. The number of hydrogen-bond donors (Lipinski definition) is 1. The zero-order chi connectivity index (χ0) is 21.0. The van der Waals surface area contributed by atoms with Crippen LogP contribution in [0.1, 0.15) is 39.8 Å². The van der Waals surface area contributed by atoms with Crippen LogP contribution < -0.4 is 5.32 Å². The average Bonchev–Trinajstić information content (AvgIpc) is 3.27. The van der Waals surface area contributed by atoms with Crippen molar-refractivity contribution in [1.82, 2.24) is 4.57 Å². The molecule has 148 valence electrons. The standard InChI is InChI=1S/C22H21N3O3S/c1-14-11-19(15(2)25(14)13-17-7-5-4-6-8-17)22(27)28-16(3)20(26)24-21-18(12-23)9-10-29-21/h4-11,16H,13H2,1-3H3,(H,24,26)/t16-/m0/s1. The second-order valence-electron chi connectivity index (χ2n) is 6.67. The molecular formula is C22H21N3O3S. The van der Waals surface area contributed by atoms with Gasteiger partial charge in [0.1, 0.15) is 11.1 Å². The lowest BCUT2D eigenvalue weighted by molar-refractivity contribution is -0.123. The van der Waals surface area contributed by atoms with Crippen molar-refractivity contribution in [1.29, 1.82) is 5.26 Å². The Bertz CT molecular complexity index is 1080. The van der Waals surface area contributed by atoms with Crippen LogP contribution in [0.4, 0.5) is 5.00 Å². The third kappa shape index (κ3) is 4.55. The lowest BCUT2D eigenvalue weighted by Crippen LogP contribution is -2.30. The summed E-state index contributed by atoms with van der Waals surface area (Å²) in [5, 5.41) is 13.8. The molecule has 7 heteroatoms. The van der Waals surface area contributed by atoms with Crippen molar-refractivity contribution >= 4 is 28.2 Å². The van der Waals surface area contributed by atoms with Gasteiger partial charge in [0.25, 0.3) is 5.91 Å². The zero-order valence-electron chi connectivity index (χ0n) is 16.4. The van der Waals surface area contributed by atoms with Crippen LogP contribution >= 0.6 is 11.3 Å². The maximum atomic E-state index is 12.7. The van der Waals surface area contributed by atoms with Gasteiger partial charge in [0, 0.05) is 17.9 Å². The Balaban J connectivity index is 1.69. The first-order chi connectivity index (χ1) is 13.9. The molecule has 3 rings (SSSR count). The van der Waals surface area contributed by atoms with Crippen molar-refractivity contribution in [2.75, 3.05) is 5.32 Å². The number of anilines is 1. The molecule has 3 aromatic rings. The van der Waals surface area contributed by atoms with Gasteiger partial charge < -0.3 is 14.6 Å². The monoisotopic (exact) mass is 407 g/mol. The van der Waals surface area contributed by atoms with Crippen molar-refractivity contribution in [2.24, 2.45) is 0 Å². The summed E-state index contributed by atoms with van der Waals surface area (Å²) >= 11 is 1.25. The fourth-order valence-electron chi connectivity index (χ4n) is 3.00. The number of benzene rings is 1. The van der Waals surface area contributed by atoms with Gasteiger partial charge in [-0.25, -0.2) is 4.79 Å². The summed E-state index contributed by atoms with van der Waals surface area (Å²) < 4.78 is 7.42. The minimum Gasteiger partial charge on any atom is -0.449 e. The van der Waals surface area contributed by atoms with E-state index in [0.717, 1.165) is 17.0 Å². The summed E-state index contributed by atoms with van der Waals surface area (Å²) in [7, 11) is 0. The fourth-order valence-corrected chi connectivity index (χ4v) is 3.74. The molecule has 0 saturated carbocycles. The lowest BCUT2D eigenvalue weighted by atomic mass is 10.2. The van der Waals surface area contributed by atoms with Crippen LogP contribution in [0.5, 0.6) is 0 Å². The third-order valence-electron chi connectivity index (χ3n) is 4.65. The maximum Gasteiger partial charge on any atom is 0.340 e. The predicted molar refractivity (Wildman–Crippen MR) is 112 cm³/mol. The van der Waals surface area contributed by atoms with Crippen LogP contribution in [-0.4, -0.2) is 22.5 Å². The number of nitrogens with zero attached hydrogens (tertiary/aromatic N) is 2. The molecule has 0 fully saturated rings. The number of carbonyl (C=O) groups excluding carboxylic acids is 2.